The van der Waals surface area contributed by atoms with Crippen LogP contribution in [0.25, 0.3) is 0 Å². The molecule has 0 aliphatic carbocycles. The Morgan fingerprint density at radius 3 is 3.05 bits per heavy atom. The molecule has 2 unspecified atom stereocenters. The van der Waals surface area contributed by atoms with E-state index in [0.29, 0.717) is 17.9 Å². The zero-order valence-corrected chi connectivity index (χ0v) is 13.3. The van der Waals surface area contributed by atoms with Crippen molar-refractivity contribution in [2.24, 2.45) is 0 Å². The van der Waals surface area contributed by atoms with Crippen LogP contribution in [0, 0.1) is 0 Å². The predicted octanol–water partition coefficient (Wildman–Crippen LogP) is 3.41. The van der Waals surface area contributed by atoms with Crippen molar-refractivity contribution >= 4 is 17.2 Å². The molecule has 1 aromatic heterocycles. The minimum Gasteiger partial charge on any atom is -0.497 e. The molecular formula is C17H19NO3S. The van der Waals surface area contributed by atoms with Gasteiger partial charge < -0.3 is 14.8 Å². The Bertz CT molecular complexity index is 627. The molecule has 3 rings (SSSR count). The number of thiophene rings is 1. The maximum atomic E-state index is 12.4. The molecule has 0 saturated carbocycles. The number of hydrogen-bond acceptors (Lipinski definition) is 4. The second kappa shape index (κ2) is 6.94. The third-order valence-corrected chi connectivity index (χ3v) is 4.78. The summed E-state index contributed by atoms with van der Waals surface area (Å²) in [6.07, 6.45) is 1.75. The molecule has 2 aromatic rings. The van der Waals surface area contributed by atoms with E-state index < -0.39 is 0 Å². The van der Waals surface area contributed by atoms with E-state index in [0.717, 1.165) is 12.8 Å². The summed E-state index contributed by atoms with van der Waals surface area (Å²) in [6.45, 7) is 0.672. The number of ether oxygens (including phenoxy) is 2. The van der Waals surface area contributed by atoms with Gasteiger partial charge in [0, 0.05) is 23.1 Å². The van der Waals surface area contributed by atoms with Gasteiger partial charge in [0.1, 0.15) is 5.75 Å². The monoisotopic (exact) mass is 317 g/mol. The van der Waals surface area contributed by atoms with Crippen LogP contribution < -0.4 is 10.1 Å². The van der Waals surface area contributed by atoms with Crippen molar-refractivity contribution in [3.05, 3.63) is 52.2 Å². The first-order valence-electron chi connectivity index (χ1n) is 7.36. The first-order valence-corrected chi connectivity index (χ1v) is 8.24. The van der Waals surface area contributed by atoms with Crippen LogP contribution in [0.15, 0.2) is 41.8 Å². The molecule has 1 saturated heterocycles. The standard InChI is InChI=1S/C17H19NO3S/c1-20-14-5-2-4-12(10-14)17(19)18-13-7-8-21-15(11-13)16-6-3-9-22-16/h2-6,9-10,13,15H,7-8,11H2,1H3,(H,18,19). The van der Waals surface area contributed by atoms with Gasteiger partial charge in [0.05, 0.1) is 13.2 Å². The first-order chi connectivity index (χ1) is 10.8. The van der Waals surface area contributed by atoms with Crippen molar-refractivity contribution in [2.45, 2.75) is 25.0 Å². The average molecular weight is 317 g/mol. The van der Waals surface area contributed by atoms with Gasteiger partial charge in [-0.3, -0.25) is 4.79 Å². The fourth-order valence-corrected chi connectivity index (χ4v) is 3.42. The molecule has 1 fully saturated rings. The highest BCUT2D eigenvalue weighted by atomic mass is 32.1. The molecule has 116 valence electrons. The van der Waals surface area contributed by atoms with Gasteiger partial charge in [-0.25, -0.2) is 0 Å². The number of carbonyl (C=O) groups is 1. The second-order valence-electron chi connectivity index (χ2n) is 5.30. The van der Waals surface area contributed by atoms with E-state index in [9.17, 15) is 4.79 Å². The summed E-state index contributed by atoms with van der Waals surface area (Å²) < 4.78 is 11.0. The molecule has 1 aromatic carbocycles. The van der Waals surface area contributed by atoms with Gasteiger partial charge >= 0.3 is 0 Å². The topological polar surface area (TPSA) is 47.6 Å². The summed E-state index contributed by atoms with van der Waals surface area (Å²) in [5, 5.41) is 5.16. The van der Waals surface area contributed by atoms with Crippen LogP contribution in [0.5, 0.6) is 5.75 Å². The Morgan fingerprint density at radius 1 is 1.36 bits per heavy atom. The van der Waals surface area contributed by atoms with Gasteiger partial charge in [0.15, 0.2) is 0 Å². The number of rotatable bonds is 4. The second-order valence-corrected chi connectivity index (χ2v) is 6.28. The number of methoxy groups -OCH3 is 1. The molecule has 1 aliphatic heterocycles. The first kappa shape index (κ1) is 15.1. The Labute approximate surface area is 134 Å². The SMILES string of the molecule is COc1cccc(C(=O)NC2CCOC(c3cccs3)C2)c1. The molecule has 1 amide bonds. The number of hydrogen-bond donors (Lipinski definition) is 1. The molecule has 2 atom stereocenters. The van der Waals surface area contributed by atoms with Gasteiger partial charge in [-0.2, -0.15) is 0 Å². The van der Waals surface area contributed by atoms with E-state index in [1.165, 1.54) is 4.88 Å². The predicted molar refractivity (Wildman–Crippen MR) is 86.5 cm³/mol. The van der Waals surface area contributed by atoms with Crippen molar-refractivity contribution < 1.29 is 14.3 Å². The lowest BCUT2D eigenvalue weighted by Crippen LogP contribution is -2.39. The Hall–Kier alpha value is -1.85. The summed E-state index contributed by atoms with van der Waals surface area (Å²) in [5.74, 6) is 0.631. The van der Waals surface area contributed by atoms with Gasteiger partial charge in [0.25, 0.3) is 5.91 Å². The molecule has 0 radical (unpaired) electrons. The van der Waals surface area contributed by atoms with Crippen LogP contribution in [0.4, 0.5) is 0 Å². The summed E-state index contributed by atoms with van der Waals surface area (Å²) in [5.41, 5.74) is 0.624. The van der Waals surface area contributed by atoms with Crippen molar-refractivity contribution in [3.8, 4) is 5.75 Å². The highest BCUT2D eigenvalue weighted by Crippen LogP contribution is 2.31. The van der Waals surface area contributed by atoms with Gasteiger partial charge in [-0.15, -0.1) is 11.3 Å². The average Bonchev–Trinajstić information content (AvgIpc) is 3.10. The molecule has 0 bridgehead atoms. The molecular weight excluding hydrogens is 298 g/mol. The number of benzene rings is 1. The highest BCUT2D eigenvalue weighted by molar-refractivity contribution is 7.10. The summed E-state index contributed by atoms with van der Waals surface area (Å²) in [7, 11) is 1.60. The number of carbonyl (C=O) groups excluding carboxylic acids is 1. The maximum Gasteiger partial charge on any atom is 0.251 e. The smallest absolute Gasteiger partial charge is 0.251 e. The molecule has 2 heterocycles. The lowest BCUT2D eigenvalue weighted by Gasteiger charge is -2.29. The third-order valence-electron chi connectivity index (χ3n) is 3.81. The maximum absolute atomic E-state index is 12.4. The van der Waals surface area contributed by atoms with Gasteiger partial charge in [-0.1, -0.05) is 12.1 Å². The minimum absolute atomic E-state index is 0.0595. The Kier molecular flexibility index (Phi) is 4.75. The van der Waals surface area contributed by atoms with Crippen LogP contribution in [-0.4, -0.2) is 25.7 Å². The van der Waals surface area contributed by atoms with E-state index in [1.807, 2.05) is 18.2 Å². The van der Waals surface area contributed by atoms with Gasteiger partial charge in [-0.05, 0) is 42.5 Å². The van der Waals surface area contributed by atoms with Crippen LogP contribution in [0.3, 0.4) is 0 Å². The lowest BCUT2D eigenvalue weighted by atomic mass is 10.0. The summed E-state index contributed by atoms with van der Waals surface area (Å²) in [4.78, 5) is 13.6. The van der Waals surface area contributed by atoms with Crippen LogP contribution in [0.1, 0.15) is 34.2 Å². The van der Waals surface area contributed by atoms with E-state index in [2.05, 4.69) is 16.8 Å². The van der Waals surface area contributed by atoms with Crippen molar-refractivity contribution in [1.29, 1.82) is 0 Å². The fraction of sp³-hybridized carbons (Fsp3) is 0.353. The van der Waals surface area contributed by atoms with Crippen molar-refractivity contribution in [3.63, 3.8) is 0 Å². The number of amides is 1. The molecule has 1 aliphatic rings. The highest BCUT2D eigenvalue weighted by Gasteiger charge is 2.26. The van der Waals surface area contributed by atoms with E-state index in [4.69, 9.17) is 9.47 Å². The van der Waals surface area contributed by atoms with Crippen molar-refractivity contribution in [2.75, 3.05) is 13.7 Å². The zero-order chi connectivity index (χ0) is 15.4. The Balaban J connectivity index is 1.63. The van der Waals surface area contributed by atoms with Crippen molar-refractivity contribution in [1.82, 2.24) is 5.32 Å². The van der Waals surface area contributed by atoms with E-state index >= 15 is 0 Å². The minimum atomic E-state index is -0.0595. The number of nitrogens with one attached hydrogen (secondary N) is 1. The van der Waals surface area contributed by atoms with Crippen LogP contribution in [-0.2, 0) is 4.74 Å². The largest absolute Gasteiger partial charge is 0.497 e. The summed E-state index contributed by atoms with van der Waals surface area (Å²) >= 11 is 1.70. The third kappa shape index (κ3) is 3.48. The van der Waals surface area contributed by atoms with Crippen LogP contribution in [0.2, 0.25) is 0 Å². The normalized spacial score (nSPS) is 21.3. The summed E-state index contributed by atoms with van der Waals surface area (Å²) in [6, 6.07) is 11.5. The lowest BCUT2D eigenvalue weighted by molar-refractivity contribution is 0.00297. The zero-order valence-electron chi connectivity index (χ0n) is 12.5. The molecule has 5 heteroatoms. The van der Waals surface area contributed by atoms with E-state index in [-0.39, 0.29) is 18.1 Å². The van der Waals surface area contributed by atoms with E-state index in [1.54, 1.807) is 30.6 Å². The molecule has 22 heavy (non-hydrogen) atoms. The molecule has 1 N–H and O–H groups in total. The van der Waals surface area contributed by atoms with Gasteiger partial charge in [0.2, 0.25) is 0 Å². The molecule has 4 nitrogen and oxygen atoms in total. The van der Waals surface area contributed by atoms with Crippen LogP contribution >= 0.6 is 11.3 Å². The quantitative estimate of drug-likeness (QED) is 0.940. The Morgan fingerprint density at radius 2 is 2.27 bits per heavy atom. The fourth-order valence-electron chi connectivity index (χ4n) is 2.63. The molecule has 0 spiro atoms.